The third-order valence-corrected chi connectivity index (χ3v) is 6.56. The molecule has 9 heteroatoms. The number of anilines is 2. The number of hydrogen-bond donors (Lipinski definition) is 2. The first kappa shape index (κ1) is 24.6. The van der Waals surface area contributed by atoms with Gasteiger partial charge in [-0.25, -0.2) is 8.42 Å². The maximum atomic E-state index is 13.2. The van der Waals surface area contributed by atoms with Crippen molar-refractivity contribution in [3.63, 3.8) is 0 Å². The van der Waals surface area contributed by atoms with Crippen molar-refractivity contribution < 1.29 is 17.9 Å². The molecule has 2 N–H and O–H groups in total. The van der Waals surface area contributed by atoms with Crippen molar-refractivity contribution in [2.24, 2.45) is 0 Å². The molecule has 4 aromatic carbocycles. The zero-order chi connectivity index (χ0) is 24.8. The smallest absolute Gasteiger partial charge is 0.257 e. The summed E-state index contributed by atoms with van der Waals surface area (Å²) in [5.74, 6) is 0.112. The van der Waals surface area contributed by atoms with Crippen LogP contribution in [0.2, 0.25) is 10.0 Å². The molecule has 4 aromatic rings. The van der Waals surface area contributed by atoms with E-state index in [0.29, 0.717) is 32.8 Å². The SMILES string of the molecule is O=C(Nc1ccc(Cl)cc1)c1cc(Oc2ccccc2)ccc1NS(=O)(=O)Cc1cccc(Cl)c1. The lowest BCUT2D eigenvalue weighted by atomic mass is 10.1. The van der Waals surface area contributed by atoms with Crippen LogP contribution in [-0.4, -0.2) is 14.3 Å². The molecule has 178 valence electrons. The number of sulfonamides is 1. The van der Waals surface area contributed by atoms with E-state index in [1.807, 2.05) is 18.2 Å². The van der Waals surface area contributed by atoms with Crippen molar-refractivity contribution in [3.8, 4) is 11.5 Å². The van der Waals surface area contributed by atoms with Crippen LogP contribution in [0.15, 0.2) is 97.1 Å². The minimum Gasteiger partial charge on any atom is -0.457 e. The van der Waals surface area contributed by atoms with Crippen LogP contribution in [0.1, 0.15) is 15.9 Å². The van der Waals surface area contributed by atoms with Gasteiger partial charge < -0.3 is 10.1 Å². The van der Waals surface area contributed by atoms with E-state index in [2.05, 4.69) is 10.0 Å². The predicted molar refractivity (Wildman–Crippen MR) is 140 cm³/mol. The van der Waals surface area contributed by atoms with E-state index < -0.39 is 15.9 Å². The lowest BCUT2D eigenvalue weighted by Gasteiger charge is -2.15. The molecule has 0 heterocycles. The third-order valence-electron chi connectivity index (χ3n) is 4.83. The summed E-state index contributed by atoms with van der Waals surface area (Å²) in [4.78, 5) is 13.2. The molecule has 0 radical (unpaired) electrons. The fraction of sp³-hybridized carbons (Fsp3) is 0.0385. The van der Waals surface area contributed by atoms with E-state index >= 15 is 0 Å². The van der Waals surface area contributed by atoms with Crippen LogP contribution in [0.3, 0.4) is 0 Å². The second kappa shape index (κ2) is 10.8. The van der Waals surface area contributed by atoms with Gasteiger partial charge in [-0.1, -0.05) is 53.5 Å². The molecular weight excluding hydrogens is 507 g/mol. The molecule has 4 rings (SSSR count). The van der Waals surface area contributed by atoms with Gasteiger partial charge in [0.05, 0.1) is 17.0 Å². The molecule has 35 heavy (non-hydrogen) atoms. The number of para-hydroxylation sites is 1. The highest BCUT2D eigenvalue weighted by Gasteiger charge is 2.19. The van der Waals surface area contributed by atoms with E-state index in [1.165, 1.54) is 12.1 Å². The van der Waals surface area contributed by atoms with Crippen molar-refractivity contribution in [2.75, 3.05) is 10.0 Å². The van der Waals surface area contributed by atoms with Crippen LogP contribution in [0.25, 0.3) is 0 Å². The zero-order valence-corrected chi connectivity index (χ0v) is 20.6. The van der Waals surface area contributed by atoms with Gasteiger partial charge in [0.15, 0.2) is 0 Å². The van der Waals surface area contributed by atoms with E-state index in [9.17, 15) is 13.2 Å². The molecule has 0 aliphatic rings. The van der Waals surface area contributed by atoms with E-state index in [0.717, 1.165) is 0 Å². The molecule has 0 bridgehead atoms. The second-order valence-corrected chi connectivity index (χ2v) is 10.2. The molecule has 0 atom stereocenters. The van der Waals surface area contributed by atoms with Crippen LogP contribution < -0.4 is 14.8 Å². The largest absolute Gasteiger partial charge is 0.457 e. The number of ether oxygens (including phenoxy) is 1. The monoisotopic (exact) mass is 526 g/mol. The summed E-state index contributed by atoms with van der Waals surface area (Å²) in [6.45, 7) is 0. The van der Waals surface area contributed by atoms with Gasteiger partial charge in [-0.3, -0.25) is 9.52 Å². The molecule has 1 amide bonds. The normalized spacial score (nSPS) is 11.0. The van der Waals surface area contributed by atoms with Crippen LogP contribution in [0, 0.1) is 0 Å². The summed E-state index contributed by atoms with van der Waals surface area (Å²) in [5, 5.41) is 3.71. The first-order valence-electron chi connectivity index (χ1n) is 10.5. The number of nitrogens with one attached hydrogen (secondary N) is 2. The zero-order valence-electron chi connectivity index (χ0n) is 18.2. The molecule has 0 unspecified atom stereocenters. The Bertz CT molecular complexity index is 1440. The Morgan fingerprint density at radius 1 is 0.771 bits per heavy atom. The van der Waals surface area contributed by atoms with E-state index in [1.54, 1.807) is 66.7 Å². The van der Waals surface area contributed by atoms with Crippen LogP contribution >= 0.6 is 23.2 Å². The molecule has 0 aliphatic heterocycles. The highest BCUT2D eigenvalue weighted by Crippen LogP contribution is 2.29. The Balaban J connectivity index is 1.63. The van der Waals surface area contributed by atoms with Crippen molar-refractivity contribution in [2.45, 2.75) is 5.75 Å². The van der Waals surface area contributed by atoms with Gasteiger partial charge in [-0.2, -0.15) is 0 Å². The number of halogens is 2. The molecule has 6 nitrogen and oxygen atoms in total. The molecule has 0 saturated carbocycles. The average Bonchev–Trinajstić information content (AvgIpc) is 2.81. The summed E-state index contributed by atoms with van der Waals surface area (Å²) < 4.78 is 34.1. The van der Waals surface area contributed by atoms with Gasteiger partial charge in [0.2, 0.25) is 10.0 Å². The Kier molecular flexibility index (Phi) is 7.60. The van der Waals surface area contributed by atoms with Gasteiger partial charge in [0, 0.05) is 15.7 Å². The maximum Gasteiger partial charge on any atom is 0.257 e. The number of benzene rings is 4. The van der Waals surface area contributed by atoms with Gasteiger partial charge in [-0.15, -0.1) is 0 Å². The number of amides is 1. The van der Waals surface area contributed by atoms with Crippen LogP contribution in [0.4, 0.5) is 11.4 Å². The predicted octanol–water partition coefficient (Wildman–Crippen LogP) is 6.98. The van der Waals surface area contributed by atoms with E-state index in [4.69, 9.17) is 27.9 Å². The van der Waals surface area contributed by atoms with Crippen molar-refractivity contribution in [3.05, 3.63) is 118 Å². The van der Waals surface area contributed by atoms with Gasteiger partial charge in [-0.05, 0) is 72.3 Å². The fourth-order valence-electron chi connectivity index (χ4n) is 3.27. The van der Waals surface area contributed by atoms with Gasteiger partial charge in [0.25, 0.3) is 5.91 Å². The Morgan fingerprint density at radius 3 is 2.23 bits per heavy atom. The average molecular weight is 527 g/mol. The van der Waals surface area contributed by atoms with E-state index in [-0.39, 0.29) is 17.0 Å². The highest BCUT2D eigenvalue weighted by atomic mass is 35.5. The lowest BCUT2D eigenvalue weighted by molar-refractivity contribution is 0.102. The van der Waals surface area contributed by atoms with Crippen LogP contribution in [-0.2, 0) is 15.8 Å². The standard InChI is InChI=1S/C26H20Cl2N2O4S/c27-19-9-11-21(12-10-19)29-26(31)24-16-23(34-22-7-2-1-3-8-22)13-14-25(24)30-35(32,33)17-18-5-4-6-20(28)15-18/h1-16,30H,17H2,(H,29,31). The second-order valence-electron chi connectivity index (χ2n) is 7.57. The summed E-state index contributed by atoms with van der Waals surface area (Å²) in [5.41, 5.74) is 1.21. The molecule has 0 fully saturated rings. The minimum atomic E-state index is -3.86. The molecule has 0 aliphatic carbocycles. The summed E-state index contributed by atoms with van der Waals surface area (Å²) in [7, 11) is -3.86. The summed E-state index contributed by atoms with van der Waals surface area (Å²) >= 11 is 11.9. The number of carbonyl (C=O) groups excluding carboxylic acids is 1. The van der Waals surface area contributed by atoms with Gasteiger partial charge in [0.1, 0.15) is 11.5 Å². The molecule has 0 saturated heterocycles. The first-order valence-corrected chi connectivity index (χ1v) is 12.9. The topological polar surface area (TPSA) is 84.5 Å². The molecular formula is C26H20Cl2N2O4S. The quantitative estimate of drug-likeness (QED) is 0.259. The molecule has 0 aromatic heterocycles. The Morgan fingerprint density at radius 2 is 1.51 bits per heavy atom. The summed E-state index contributed by atoms with van der Waals surface area (Å²) in [6, 6.07) is 26.8. The van der Waals surface area contributed by atoms with Gasteiger partial charge >= 0.3 is 0 Å². The maximum absolute atomic E-state index is 13.2. The Hall–Kier alpha value is -3.52. The fourth-order valence-corrected chi connectivity index (χ4v) is 4.81. The molecule has 0 spiro atoms. The highest BCUT2D eigenvalue weighted by molar-refractivity contribution is 7.91. The van der Waals surface area contributed by atoms with Crippen LogP contribution in [0.5, 0.6) is 11.5 Å². The number of carbonyl (C=O) groups is 1. The van der Waals surface area contributed by atoms with Crippen molar-refractivity contribution in [1.82, 2.24) is 0 Å². The van der Waals surface area contributed by atoms with Crippen molar-refractivity contribution in [1.29, 1.82) is 0 Å². The number of hydrogen-bond acceptors (Lipinski definition) is 4. The lowest BCUT2D eigenvalue weighted by Crippen LogP contribution is -2.20. The summed E-state index contributed by atoms with van der Waals surface area (Å²) in [6.07, 6.45) is 0. The third kappa shape index (κ3) is 6.99. The van der Waals surface area contributed by atoms with Crippen molar-refractivity contribution >= 4 is 50.5 Å². The minimum absolute atomic E-state index is 0.0862. The number of rotatable bonds is 8. The Labute approximate surface area is 213 Å². The first-order chi connectivity index (χ1) is 16.8.